The molecular formula is C18H22BrN3O4. The van der Waals surface area contributed by atoms with E-state index in [1.54, 1.807) is 30.5 Å². The number of carbonyl (C=O) groups is 1. The lowest BCUT2D eigenvalue weighted by Gasteiger charge is -2.17. The third kappa shape index (κ3) is 5.52. The van der Waals surface area contributed by atoms with Gasteiger partial charge in [-0.05, 0) is 48.8 Å². The molecule has 0 spiro atoms. The van der Waals surface area contributed by atoms with Crippen molar-refractivity contribution in [3.05, 3.63) is 34.9 Å². The van der Waals surface area contributed by atoms with Gasteiger partial charge in [-0.15, -0.1) is 0 Å². The van der Waals surface area contributed by atoms with Gasteiger partial charge in [0.05, 0.1) is 25.5 Å². The van der Waals surface area contributed by atoms with Gasteiger partial charge in [0.1, 0.15) is 5.82 Å². The number of hydrogen-bond donors (Lipinski definition) is 2. The highest BCUT2D eigenvalue weighted by atomic mass is 79.9. The van der Waals surface area contributed by atoms with Crippen LogP contribution in [0.2, 0.25) is 0 Å². The first-order valence-electron chi connectivity index (χ1n) is 8.33. The molecule has 1 aromatic heterocycles. The van der Waals surface area contributed by atoms with Crippen molar-refractivity contribution >= 4 is 33.5 Å². The van der Waals surface area contributed by atoms with Crippen LogP contribution in [0.5, 0.6) is 17.2 Å². The number of nitrogens with one attached hydrogen (secondary N) is 2. The number of pyridine rings is 1. The fraction of sp³-hybridized carbons (Fsp3) is 0.333. The summed E-state index contributed by atoms with van der Waals surface area (Å²) in [6, 6.07) is 6.46. The Bertz CT molecular complexity index is 711. The molecule has 0 aliphatic carbocycles. The molecule has 140 valence electrons. The van der Waals surface area contributed by atoms with Gasteiger partial charge in [-0.3, -0.25) is 5.32 Å². The van der Waals surface area contributed by atoms with Crippen LogP contribution in [-0.4, -0.2) is 30.8 Å². The molecule has 1 aromatic carbocycles. The first-order valence-corrected chi connectivity index (χ1v) is 9.12. The molecule has 0 saturated heterocycles. The molecule has 7 nitrogen and oxygen atoms in total. The zero-order chi connectivity index (χ0) is 18.9. The molecule has 0 unspecified atom stereocenters. The van der Waals surface area contributed by atoms with E-state index in [2.05, 4.69) is 31.5 Å². The summed E-state index contributed by atoms with van der Waals surface area (Å²) >= 11 is 3.30. The highest BCUT2D eigenvalue weighted by Crippen LogP contribution is 2.40. The summed E-state index contributed by atoms with van der Waals surface area (Å²) in [4.78, 5) is 16.3. The molecule has 0 atom stereocenters. The van der Waals surface area contributed by atoms with Gasteiger partial charge in [0.25, 0.3) is 0 Å². The Hall–Kier alpha value is -2.48. The van der Waals surface area contributed by atoms with E-state index in [9.17, 15) is 4.79 Å². The minimum atomic E-state index is -0.422. The molecule has 1 heterocycles. The Labute approximate surface area is 161 Å². The summed E-state index contributed by atoms with van der Waals surface area (Å²) in [7, 11) is 0. The number of benzene rings is 1. The summed E-state index contributed by atoms with van der Waals surface area (Å²) in [5.74, 6) is 1.98. The number of hydrogen-bond acceptors (Lipinski definition) is 5. The number of ether oxygens (including phenoxy) is 3. The number of anilines is 2. The Morgan fingerprint density at radius 3 is 2.12 bits per heavy atom. The number of rotatable bonds is 8. The van der Waals surface area contributed by atoms with Crippen LogP contribution < -0.4 is 24.8 Å². The van der Waals surface area contributed by atoms with Crippen molar-refractivity contribution in [2.75, 3.05) is 30.5 Å². The zero-order valence-electron chi connectivity index (χ0n) is 15.0. The van der Waals surface area contributed by atoms with E-state index in [1.807, 2.05) is 20.8 Å². The first kappa shape index (κ1) is 19.8. The summed E-state index contributed by atoms with van der Waals surface area (Å²) < 4.78 is 17.8. The Kier molecular flexibility index (Phi) is 7.53. The maximum Gasteiger partial charge on any atom is 0.324 e. The molecule has 2 amide bonds. The lowest BCUT2D eigenvalue weighted by molar-refractivity contribution is 0.260. The first-order chi connectivity index (χ1) is 12.6. The maximum atomic E-state index is 12.2. The molecule has 8 heteroatoms. The van der Waals surface area contributed by atoms with E-state index in [0.29, 0.717) is 48.6 Å². The van der Waals surface area contributed by atoms with Crippen LogP contribution >= 0.6 is 15.9 Å². The number of amides is 2. The quantitative estimate of drug-likeness (QED) is 0.643. The molecule has 0 bridgehead atoms. The molecule has 0 aliphatic heterocycles. The fourth-order valence-electron chi connectivity index (χ4n) is 2.19. The Balaban J connectivity index is 2.21. The monoisotopic (exact) mass is 423 g/mol. The zero-order valence-corrected chi connectivity index (χ0v) is 16.6. The number of halogens is 1. The Morgan fingerprint density at radius 2 is 1.62 bits per heavy atom. The molecular weight excluding hydrogens is 402 g/mol. The van der Waals surface area contributed by atoms with Gasteiger partial charge in [-0.25, -0.2) is 9.78 Å². The van der Waals surface area contributed by atoms with E-state index in [1.165, 1.54) is 0 Å². The van der Waals surface area contributed by atoms with Crippen LogP contribution in [0.4, 0.5) is 16.3 Å². The van der Waals surface area contributed by atoms with E-state index < -0.39 is 6.03 Å². The molecule has 2 aromatic rings. The van der Waals surface area contributed by atoms with Crippen LogP contribution in [0, 0.1) is 0 Å². The number of urea groups is 1. The second-order valence-electron chi connectivity index (χ2n) is 5.04. The molecule has 0 radical (unpaired) electrons. The van der Waals surface area contributed by atoms with Gasteiger partial charge in [-0.1, -0.05) is 0 Å². The SMILES string of the molecule is CCOc1cc(NC(=O)Nc2ccc(Br)cn2)cc(OCC)c1OCC. The minimum Gasteiger partial charge on any atom is -0.490 e. The molecule has 26 heavy (non-hydrogen) atoms. The molecule has 2 N–H and O–H groups in total. The molecule has 0 fully saturated rings. The third-order valence-corrected chi connectivity index (χ3v) is 3.61. The van der Waals surface area contributed by atoms with Crippen molar-refractivity contribution in [3.63, 3.8) is 0 Å². The molecule has 0 saturated carbocycles. The lowest BCUT2D eigenvalue weighted by Crippen LogP contribution is -2.20. The average molecular weight is 424 g/mol. The van der Waals surface area contributed by atoms with Crippen LogP contribution in [0.15, 0.2) is 34.9 Å². The molecule has 0 aliphatic rings. The van der Waals surface area contributed by atoms with Crippen molar-refractivity contribution < 1.29 is 19.0 Å². The van der Waals surface area contributed by atoms with Crippen LogP contribution in [-0.2, 0) is 0 Å². The lowest BCUT2D eigenvalue weighted by atomic mass is 10.2. The van der Waals surface area contributed by atoms with Crippen LogP contribution in [0.3, 0.4) is 0 Å². The molecule has 2 rings (SSSR count). The van der Waals surface area contributed by atoms with Crippen molar-refractivity contribution in [1.82, 2.24) is 4.98 Å². The van der Waals surface area contributed by atoms with E-state index >= 15 is 0 Å². The van der Waals surface area contributed by atoms with Gasteiger partial charge in [0.2, 0.25) is 5.75 Å². The largest absolute Gasteiger partial charge is 0.490 e. The van der Waals surface area contributed by atoms with Crippen molar-refractivity contribution in [2.45, 2.75) is 20.8 Å². The smallest absolute Gasteiger partial charge is 0.324 e. The maximum absolute atomic E-state index is 12.2. The van der Waals surface area contributed by atoms with E-state index in [-0.39, 0.29) is 0 Å². The van der Waals surface area contributed by atoms with E-state index in [4.69, 9.17) is 14.2 Å². The summed E-state index contributed by atoms with van der Waals surface area (Å²) in [5, 5.41) is 5.42. The summed E-state index contributed by atoms with van der Waals surface area (Å²) in [5.41, 5.74) is 0.523. The second-order valence-corrected chi connectivity index (χ2v) is 5.96. The van der Waals surface area contributed by atoms with Crippen molar-refractivity contribution in [1.29, 1.82) is 0 Å². The van der Waals surface area contributed by atoms with Gasteiger partial charge < -0.3 is 19.5 Å². The van der Waals surface area contributed by atoms with E-state index in [0.717, 1.165) is 4.47 Å². The minimum absolute atomic E-state index is 0.422. The van der Waals surface area contributed by atoms with Gasteiger partial charge >= 0.3 is 6.03 Å². The normalized spacial score (nSPS) is 10.2. The third-order valence-electron chi connectivity index (χ3n) is 3.14. The highest BCUT2D eigenvalue weighted by Gasteiger charge is 2.16. The number of aromatic nitrogens is 1. The van der Waals surface area contributed by atoms with Crippen LogP contribution in [0.1, 0.15) is 20.8 Å². The van der Waals surface area contributed by atoms with Crippen molar-refractivity contribution in [3.8, 4) is 17.2 Å². The van der Waals surface area contributed by atoms with Crippen molar-refractivity contribution in [2.24, 2.45) is 0 Å². The topological polar surface area (TPSA) is 81.7 Å². The van der Waals surface area contributed by atoms with Gasteiger partial charge in [0.15, 0.2) is 11.5 Å². The number of carbonyl (C=O) groups excluding carboxylic acids is 1. The van der Waals surface area contributed by atoms with Crippen LogP contribution in [0.25, 0.3) is 0 Å². The summed E-state index contributed by atoms with van der Waals surface area (Å²) in [6.45, 7) is 7.04. The predicted octanol–water partition coefficient (Wildman–Crippen LogP) is 4.68. The Morgan fingerprint density at radius 1 is 1.00 bits per heavy atom. The standard InChI is InChI=1S/C18H22BrN3O4/c1-4-24-14-9-13(10-15(25-5-2)17(14)26-6-3)21-18(23)22-16-8-7-12(19)11-20-16/h7-11H,4-6H2,1-3H3,(H2,20,21,22,23). The second kappa shape index (κ2) is 9.86. The summed E-state index contributed by atoms with van der Waals surface area (Å²) in [6.07, 6.45) is 1.60. The average Bonchev–Trinajstić information content (AvgIpc) is 2.60. The predicted molar refractivity (Wildman–Crippen MR) is 105 cm³/mol. The fourth-order valence-corrected chi connectivity index (χ4v) is 2.42. The number of nitrogens with zero attached hydrogens (tertiary/aromatic N) is 1. The van der Waals surface area contributed by atoms with Gasteiger partial charge in [-0.2, -0.15) is 0 Å². The highest BCUT2D eigenvalue weighted by molar-refractivity contribution is 9.10. The van der Waals surface area contributed by atoms with Gasteiger partial charge in [0, 0.05) is 22.8 Å².